The van der Waals surface area contributed by atoms with Crippen molar-refractivity contribution in [2.24, 2.45) is 5.73 Å². The molecule has 146 valence electrons. The van der Waals surface area contributed by atoms with E-state index in [-0.39, 0.29) is 35.5 Å². The molecule has 0 amide bonds. The molecular formula is C21H44NNaO2. The molecule has 0 rings (SSSR count). The molecule has 0 radical (unpaired) electrons. The molecule has 0 unspecified atom stereocenters. The van der Waals surface area contributed by atoms with Gasteiger partial charge in [0.05, 0.1) is 13.0 Å². The van der Waals surface area contributed by atoms with E-state index in [1.165, 1.54) is 96.3 Å². The topological polar surface area (TPSA) is 52.3 Å². The predicted octanol–water partition coefficient (Wildman–Crippen LogP) is 5.49. The Bertz CT molecular complexity index is 262. The Hall–Kier alpha value is 0.430. The van der Waals surface area contributed by atoms with Gasteiger partial charge in [-0.05, 0) is 6.42 Å². The summed E-state index contributed by atoms with van der Waals surface area (Å²) in [7, 11) is 0. The van der Waals surface area contributed by atoms with Crippen LogP contribution in [0, 0.1) is 0 Å². The Labute approximate surface area is 179 Å². The van der Waals surface area contributed by atoms with Crippen molar-refractivity contribution < 1.29 is 9.53 Å². The van der Waals surface area contributed by atoms with Gasteiger partial charge in [0.15, 0.2) is 0 Å². The van der Waals surface area contributed by atoms with Crippen molar-refractivity contribution in [2.45, 2.75) is 116 Å². The van der Waals surface area contributed by atoms with Crippen LogP contribution in [-0.2, 0) is 9.53 Å². The standard InChI is InChI=1S/C21H43NO2.Na.H/c1-2-3-4-5-6-7-8-9-10-11-12-13-14-15-16-17-20-24-21(23)18-19-22;;/h2-20,22H2,1H3;;. The number of rotatable bonds is 19. The van der Waals surface area contributed by atoms with Gasteiger partial charge in [-0.2, -0.15) is 0 Å². The zero-order valence-corrected chi connectivity index (χ0v) is 16.3. The normalized spacial score (nSPS) is 10.5. The molecule has 0 aliphatic carbocycles. The van der Waals surface area contributed by atoms with Crippen molar-refractivity contribution >= 4 is 35.5 Å². The fraction of sp³-hybridized carbons (Fsp3) is 0.952. The van der Waals surface area contributed by atoms with Crippen LogP contribution in [-0.4, -0.2) is 48.7 Å². The van der Waals surface area contributed by atoms with Crippen molar-refractivity contribution in [1.82, 2.24) is 0 Å². The molecule has 0 aliphatic rings. The number of hydrogen-bond acceptors (Lipinski definition) is 3. The Balaban J connectivity index is 0. The van der Waals surface area contributed by atoms with Gasteiger partial charge >= 0.3 is 35.5 Å². The summed E-state index contributed by atoms with van der Waals surface area (Å²) in [5.41, 5.74) is 5.29. The monoisotopic (exact) mass is 365 g/mol. The Kier molecular flexibility index (Phi) is 27.0. The zero-order valence-electron chi connectivity index (χ0n) is 16.3. The van der Waals surface area contributed by atoms with E-state index in [0.717, 1.165) is 6.42 Å². The van der Waals surface area contributed by atoms with E-state index in [1.54, 1.807) is 0 Å². The molecule has 2 N–H and O–H groups in total. The quantitative estimate of drug-likeness (QED) is 0.187. The molecule has 0 saturated heterocycles. The number of esters is 1. The van der Waals surface area contributed by atoms with Crippen molar-refractivity contribution in [3.05, 3.63) is 0 Å². The van der Waals surface area contributed by atoms with Crippen LogP contribution < -0.4 is 5.73 Å². The number of unbranched alkanes of at least 4 members (excludes halogenated alkanes) is 15. The van der Waals surface area contributed by atoms with E-state index >= 15 is 0 Å². The molecular weight excluding hydrogens is 321 g/mol. The van der Waals surface area contributed by atoms with Crippen molar-refractivity contribution in [1.29, 1.82) is 0 Å². The summed E-state index contributed by atoms with van der Waals surface area (Å²) >= 11 is 0. The summed E-state index contributed by atoms with van der Waals surface area (Å²) in [5, 5.41) is 0. The molecule has 0 bridgehead atoms. The second kappa shape index (κ2) is 24.4. The molecule has 0 spiro atoms. The molecule has 0 heterocycles. The molecule has 25 heavy (non-hydrogen) atoms. The maximum absolute atomic E-state index is 11.1. The van der Waals surface area contributed by atoms with E-state index in [2.05, 4.69) is 6.92 Å². The van der Waals surface area contributed by atoms with Gasteiger partial charge in [-0.1, -0.05) is 103 Å². The summed E-state index contributed by atoms with van der Waals surface area (Å²) in [6, 6.07) is 0. The third-order valence-corrected chi connectivity index (χ3v) is 4.61. The summed E-state index contributed by atoms with van der Waals surface area (Å²) in [5.74, 6) is -0.154. The number of carbonyl (C=O) groups excluding carboxylic acids is 1. The first-order valence-electron chi connectivity index (χ1n) is 10.7. The summed E-state index contributed by atoms with van der Waals surface area (Å²) in [4.78, 5) is 11.1. The van der Waals surface area contributed by atoms with Gasteiger partial charge in [0.1, 0.15) is 0 Å². The minimum atomic E-state index is -0.154. The summed E-state index contributed by atoms with van der Waals surface area (Å²) < 4.78 is 5.08. The number of hydrogen-bond donors (Lipinski definition) is 1. The first kappa shape index (κ1) is 27.6. The molecule has 3 nitrogen and oxygen atoms in total. The Morgan fingerprint density at radius 2 is 1.04 bits per heavy atom. The molecule has 0 aromatic heterocycles. The predicted molar refractivity (Wildman–Crippen MR) is 111 cm³/mol. The van der Waals surface area contributed by atoms with Crippen molar-refractivity contribution in [3.63, 3.8) is 0 Å². The van der Waals surface area contributed by atoms with Crippen molar-refractivity contribution in [2.75, 3.05) is 13.2 Å². The molecule has 0 aliphatic heterocycles. The average molecular weight is 366 g/mol. The van der Waals surface area contributed by atoms with Gasteiger partial charge in [-0.15, -0.1) is 0 Å². The Morgan fingerprint density at radius 1 is 0.680 bits per heavy atom. The van der Waals surface area contributed by atoms with E-state index in [1.807, 2.05) is 0 Å². The second-order valence-electron chi connectivity index (χ2n) is 7.06. The molecule has 0 atom stereocenters. The molecule has 4 heteroatoms. The first-order valence-corrected chi connectivity index (χ1v) is 10.7. The van der Waals surface area contributed by atoms with Gasteiger partial charge in [-0.3, -0.25) is 4.79 Å². The average Bonchev–Trinajstić information content (AvgIpc) is 2.58. The van der Waals surface area contributed by atoms with E-state index in [4.69, 9.17) is 10.5 Å². The van der Waals surface area contributed by atoms with Gasteiger partial charge in [0.25, 0.3) is 0 Å². The molecule has 0 fully saturated rings. The first-order chi connectivity index (χ1) is 11.8. The number of carbonyl (C=O) groups is 1. The van der Waals surface area contributed by atoms with E-state index in [9.17, 15) is 4.79 Å². The molecule has 0 saturated carbocycles. The van der Waals surface area contributed by atoms with E-state index < -0.39 is 0 Å². The van der Waals surface area contributed by atoms with Crippen LogP contribution in [0.4, 0.5) is 0 Å². The van der Waals surface area contributed by atoms with Crippen LogP contribution in [0.5, 0.6) is 0 Å². The van der Waals surface area contributed by atoms with Crippen molar-refractivity contribution in [3.8, 4) is 0 Å². The SMILES string of the molecule is CCCCCCCCCCCCCCCCCCOC(=O)CCN.[NaH]. The second-order valence-corrected chi connectivity index (χ2v) is 7.06. The third-order valence-electron chi connectivity index (χ3n) is 4.61. The van der Waals surface area contributed by atoms with Crippen LogP contribution in [0.2, 0.25) is 0 Å². The van der Waals surface area contributed by atoms with Gasteiger partial charge in [0.2, 0.25) is 0 Å². The Morgan fingerprint density at radius 3 is 1.40 bits per heavy atom. The van der Waals surface area contributed by atoms with Crippen LogP contribution >= 0.6 is 0 Å². The number of nitrogens with two attached hydrogens (primary N) is 1. The fourth-order valence-electron chi connectivity index (χ4n) is 3.03. The van der Waals surface area contributed by atoms with Crippen LogP contribution in [0.15, 0.2) is 0 Å². The third kappa shape index (κ3) is 24.4. The summed E-state index contributed by atoms with van der Waals surface area (Å²) in [6.45, 7) is 3.23. The molecule has 0 aromatic rings. The van der Waals surface area contributed by atoms with Gasteiger partial charge in [-0.25, -0.2) is 0 Å². The number of ether oxygens (including phenoxy) is 1. The van der Waals surface area contributed by atoms with E-state index in [0.29, 0.717) is 19.6 Å². The summed E-state index contributed by atoms with van der Waals surface area (Å²) in [6.07, 6.45) is 22.1. The minimum absolute atomic E-state index is 0. The maximum atomic E-state index is 11.1. The van der Waals surface area contributed by atoms with Gasteiger partial charge < -0.3 is 10.5 Å². The van der Waals surface area contributed by atoms with Crippen LogP contribution in [0.1, 0.15) is 116 Å². The molecule has 0 aromatic carbocycles. The van der Waals surface area contributed by atoms with Gasteiger partial charge in [0, 0.05) is 6.54 Å². The zero-order chi connectivity index (χ0) is 17.7. The van der Waals surface area contributed by atoms with Crippen LogP contribution in [0.3, 0.4) is 0 Å². The van der Waals surface area contributed by atoms with Crippen LogP contribution in [0.25, 0.3) is 0 Å². The fourth-order valence-corrected chi connectivity index (χ4v) is 3.03.